The van der Waals surface area contributed by atoms with Crippen LogP contribution in [0.5, 0.6) is 5.75 Å². The van der Waals surface area contributed by atoms with Crippen molar-refractivity contribution in [1.29, 1.82) is 5.26 Å². The molecule has 7 nitrogen and oxygen atoms in total. The molecule has 0 saturated heterocycles. The van der Waals surface area contributed by atoms with E-state index in [-0.39, 0.29) is 17.0 Å². The molecule has 0 radical (unpaired) electrons. The Morgan fingerprint density at radius 2 is 1.84 bits per heavy atom. The quantitative estimate of drug-likeness (QED) is 0.522. The number of benzene rings is 3. The monoisotopic (exact) mass is 447 g/mol. The minimum absolute atomic E-state index is 0.0182. The molecule has 0 aliphatic rings. The van der Waals surface area contributed by atoms with Crippen molar-refractivity contribution in [1.82, 2.24) is 0 Å². The number of sulfonamides is 1. The minimum Gasteiger partial charge on any atom is -0.495 e. The fourth-order valence-corrected chi connectivity index (χ4v) is 4.53. The molecule has 0 atom stereocenters. The van der Waals surface area contributed by atoms with Crippen molar-refractivity contribution in [3.05, 3.63) is 96.6 Å². The highest BCUT2D eigenvalue weighted by Crippen LogP contribution is 2.32. The molecular formula is C24H21N3O4S. The van der Waals surface area contributed by atoms with Crippen LogP contribution in [0.4, 0.5) is 11.4 Å². The zero-order valence-corrected chi connectivity index (χ0v) is 18.2. The van der Waals surface area contributed by atoms with Crippen molar-refractivity contribution < 1.29 is 17.9 Å². The van der Waals surface area contributed by atoms with Gasteiger partial charge < -0.3 is 10.1 Å². The summed E-state index contributed by atoms with van der Waals surface area (Å²) in [6, 6.07) is 20.9. The number of para-hydroxylation sites is 2. The molecular weight excluding hydrogens is 426 g/mol. The average Bonchev–Trinajstić information content (AvgIpc) is 2.83. The Balaban J connectivity index is 1.94. The molecule has 32 heavy (non-hydrogen) atoms. The first-order chi connectivity index (χ1) is 15.4. The van der Waals surface area contributed by atoms with Crippen LogP contribution in [0.15, 0.2) is 90.3 Å². The highest BCUT2D eigenvalue weighted by molar-refractivity contribution is 7.92. The van der Waals surface area contributed by atoms with E-state index in [9.17, 15) is 13.2 Å². The number of anilines is 2. The predicted molar refractivity (Wildman–Crippen MR) is 123 cm³/mol. The van der Waals surface area contributed by atoms with Gasteiger partial charge in [-0.2, -0.15) is 5.26 Å². The lowest BCUT2D eigenvalue weighted by Gasteiger charge is -2.25. The number of rotatable bonds is 8. The average molecular weight is 448 g/mol. The van der Waals surface area contributed by atoms with E-state index in [1.165, 1.54) is 41.8 Å². The van der Waals surface area contributed by atoms with Gasteiger partial charge in [-0.1, -0.05) is 24.3 Å². The highest BCUT2D eigenvalue weighted by atomic mass is 32.2. The third kappa shape index (κ3) is 4.79. The van der Waals surface area contributed by atoms with Gasteiger partial charge in [0.15, 0.2) is 0 Å². The maximum Gasteiger partial charge on any atom is 0.264 e. The van der Waals surface area contributed by atoms with E-state index in [0.29, 0.717) is 22.7 Å². The SMILES string of the molecule is C=CCN(c1ccccc1OC)S(=O)(=O)c1cccc(C(=O)Nc2ccc(C#N)cc2)c1. The Bertz CT molecular complexity index is 1280. The summed E-state index contributed by atoms with van der Waals surface area (Å²) >= 11 is 0. The molecule has 0 heterocycles. The lowest BCUT2D eigenvalue weighted by molar-refractivity contribution is 0.102. The summed E-state index contributed by atoms with van der Waals surface area (Å²) in [4.78, 5) is 12.6. The summed E-state index contributed by atoms with van der Waals surface area (Å²) in [5.74, 6) is -0.0769. The molecule has 0 bridgehead atoms. The standard InChI is InChI=1S/C24H21N3O4S/c1-3-15-27(22-9-4-5-10-23(22)31-2)32(29,30)21-8-6-7-19(16-21)24(28)26-20-13-11-18(17-25)12-14-20/h3-14,16H,1,15H2,2H3,(H,26,28). The number of amides is 1. The number of carbonyl (C=O) groups excluding carboxylic acids is 1. The van der Waals surface area contributed by atoms with Gasteiger partial charge in [-0.05, 0) is 54.6 Å². The second-order valence-corrected chi connectivity index (χ2v) is 8.53. The molecule has 0 aliphatic carbocycles. The van der Waals surface area contributed by atoms with Crippen molar-refractivity contribution in [3.63, 3.8) is 0 Å². The van der Waals surface area contributed by atoms with Crippen LogP contribution < -0.4 is 14.4 Å². The first-order valence-electron chi connectivity index (χ1n) is 9.59. The summed E-state index contributed by atoms with van der Waals surface area (Å²) in [6.45, 7) is 3.68. The van der Waals surface area contributed by atoms with Gasteiger partial charge >= 0.3 is 0 Å². The van der Waals surface area contributed by atoms with Crippen LogP contribution in [-0.2, 0) is 10.0 Å². The molecule has 0 saturated carbocycles. The van der Waals surface area contributed by atoms with Crippen molar-refractivity contribution in [3.8, 4) is 11.8 Å². The molecule has 0 aromatic heterocycles. The van der Waals surface area contributed by atoms with E-state index in [1.807, 2.05) is 6.07 Å². The molecule has 0 unspecified atom stereocenters. The third-order valence-electron chi connectivity index (χ3n) is 4.60. The lowest BCUT2D eigenvalue weighted by Crippen LogP contribution is -2.31. The van der Waals surface area contributed by atoms with E-state index < -0.39 is 15.9 Å². The van der Waals surface area contributed by atoms with Crippen molar-refractivity contribution in [2.24, 2.45) is 0 Å². The Kier molecular flexibility index (Phi) is 6.93. The normalized spacial score (nSPS) is 10.6. The van der Waals surface area contributed by atoms with Crippen LogP contribution >= 0.6 is 0 Å². The van der Waals surface area contributed by atoms with Gasteiger partial charge in [0, 0.05) is 11.3 Å². The Morgan fingerprint density at radius 1 is 1.12 bits per heavy atom. The second-order valence-electron chi connectivity index (χ2n) is 6.67. The Labute approximate surface area is 187 Å². The largest absolute Gasteiger partial charge is 0.495 e. The maximum atomic E-state index is 13.5. The summed E-state index contributed by atoms with van der Waals surface area (Å²) in [5, 5.41) is 11.6. The Hall–Kier alpha value is -4.09. The topological polar surface area (TPSA) is 99.5 Å². The van der Waals surface area contributed by atoms with Gasteiger partial charge in [0.2, 0.25) is 0 Å². The van der Waals surface area contributed by atoms with Crippen molar-refractivity contribution >= 4 is 27.3 Å². The predicted octanol–water partition coefficient (Wildman–Crippen LogP) is 4.20. The lowest BCUT2D eigenvalue weighted by atomic mass is 10.2. The third-order valence-corrected chi connectivity index (χ3v) is 6.38. The van der Waals surface area contributed by atoms with Crippen molar-refractivity contribution in [2.45, 2.75) is 4.90 Å². The minimum atomic E-state index is -4.02. The van der Waals surface area contributed by atoms with E-state index in [0.717, 1.165) is 0 Å². The Morgan fingerprint density at radius 3 is 2.50 bits per heavy atom. The van der Waals surface area contributed by atoms with Gasteiger partial charge in [0.25, 0.3) is 15.9 Å². The molecule has 1 N–H and O–H groups in total. The van der Waals surface area contributed by atoms with Crippen LogP contribution in [0.3, 0.4) is 0 Å². The van der Waals surface area contributed by atoms with Gasteiger partial charge in [-0.15, -0.1) is 6.58 Å². The number of ether oxygens (including phenoxy) is 1. The number of nitriles is 1. The van der Waals surface area contributed by atoms with E-state index >= 15 is 0 Å². The van der Waals surface area contributed by atoms with Gasteiger partial charge in [0.05, 0.1) is 35.9 Å². The molecule has 3 aromatic carbocycles. The molecule has 0 aliphatic heterocycles. The summed E-state index contributed by atoms with van der Waals surface area (Å²) in [7, 11) is -2.56. The highest BCUT2D eigenvalue weighted by Gasteiger charge is 2.27. The van der Waals surface area contributed by atoms with Gasteiger partial charge in [-0.3, -0.25) is 9.10 Å². The van der Waals surface area contributed by atoms with Crippen LogP contribution in [0.25, 0.3) is 0 Å². The number of methoxy groups -OCH3 is 1. The van der Waals surface area contributed by atoms with Gasteiger partial charge in [0.1, 0.15) is 5.75 Å². The number of hydrogen-bond acceptors (Lipinski definition) is 5. The van der Waals surface area contributed by atoms with Gasteiger partial charge in [-0.25, -0.2) is 8.42 Å². The molecule has 3 aromatic rings. The molecule has 162 valence electrons. The smallest absolute Gasteiger partial charge is 0.264 e. The second kappa shape index (κ2) is 9.81. The molecule has 1 amide bonds. The van der Waals surface area contributed by atoms with Crippen LogP contribution in [0, 0.1) is 11.3 Å². The van der Waals surface area contributed by atoms with Crippen LogP contribution in [-0.4, -0.2) is 28.0 Å². The van der Waals surface area contributed by atoms with E-state index in [1.54, 1.807) is 48.5 Å². The molecule has 0 fully saturated rings. The van der Waals surface area contributed by atoms with E-state index in [2.05, 4.69) is 11.9 Å². The van der Waals surface area contributed by atoms with Crippen molar-refractivity contribution in [2.75, 3.05) is 23.3 Å². The first-order valence-corrected chi connectivity index (χ1v) is 11.0. The first kappa shape index (κ1) is 22.6. The molecule has 8 heteroatoms. The summed E-state index contributed by atoms with van der Waals surface area (Å²) in [5.41, 5.74) is 1.50. The summed E-state index contributed by atoms with van der Waals surface area (Å²) in [6.07, 6.45) is 1.48. The maximum absolute atomic E-state index is 13.5. The number of nitrogens with one attached hydrogen (secondary N) is 1. The fourth-order valence-electron chi connectivity index (χ4n) is 3.04. The number of nitrogens with zero attached hydrogens (tertiary/aromatic N) is 2. The van der Waals surface area contributed by atoms with Crippen LogP contribution in [0.2, 0.25) is 0 Å². The fraction of sp³-hybridized carbons (Fsp3) is 0.0833. The number of hydrogen-bond donors (Lipinski definition) is 1. The zero-order valence-electron chi connectivity index (χ0n) is 17.4. The summed E-state index contributed by atoms with van der Waals surface area (Å²) < 4.78 is 33.4. The van der Waals surface area contributed by atoms with Crippen LogP contribution in [0.1, 0.15) is 15.9 Å². The zero-order chi connectivity index (χ0) is 23.1. The molecule has 0 spiro atoms. The van der Waals surface area contributed by atoms with E-state index in [4.69, 9.17) is 10.00 Å². The number of carbonyl (C=O) groups is 1. The molecule has 3 rings (SSSR count).